The third-order valence-corrected chi connectivity index (χ3v) is 5.53. The first-order valence-corrected chi connectivity index (χ1v) is 10.4. The number of hydrogen-bond acceptors (Lipinski definition) is 5. The van der Waals surface area contributed by atoms with E-state index in [-0.39, 0.29) is 29.9 Å². The number of carbonyl (C=O) groups is 1. The smallest absolute Gasteiger partial charge is 0.280 e. The van der Waals surface area contributed by atoms with Crippen LogP contribution in [0.25, 0.3) is 27.8 Å². The fourth-order valence-electron chi connectivity index (χ4n) is 3.23. The van der Waals surface area contributed by atoms with Crippen LogP contribution in [0.4, 0.5) is 0 Å². The highest BCUT2D eigenvalue weighted by Gasteiger charge is 2.18. The van der Waals surface area contributed by atoms with Gasteiger partial charge < -0.3 is 4.57 Å². The number of rotatable bonds is 5. The summed E-state index contributed by atoms with van der Waals surface area (Å²) in [4.78, 5) is 24.3. The van der Waals surface area contributed by atoms with E-state index >= 15 is 0 Å². The molecule has 148 valence electrons. The van der Waals surface area contributed by atoms with Gasteiger partial charge in [-0.05, 0) is 30.2 Å². The minimum absolute atomic E-state index is 0.147. The molecule has 0 unspecified atom stereocenters. The van der Waals surface area contributed by atoms with E-state index in [1.165, 1.54) is 4.57 Å². The Kier molecular flexibility index (Phi) is 5.50. The number of hydrogen-bond donors (Lipinski definition) is 1. The monoisotopic (exact) mass is 522 g/mol. The highest BCUT2D eigenvalue weighted by Crippen LogP contribution is 2.29. The molecule has 0 spiro atoms. The second-order valence-corrected chi connectivity index (χ2v) is 7.41. The maximum Gasteiger partial charge on any atom is 0.280 e. The Bertz CT molecular complexity index is 1280. The van der Waals surface area contributed by atoms with Gasteiger partial charge in [0, 0.05) is 24.2 Å². The van der Waals surface area contributed by atoms with Gasteiger partial charge in [0.15, 0.2) is 11.2 Å². The minimum atomic E-state index is -0.306. The third kappa shape index (κ3) is 3.60. The number of pyridine rings is 1. The van der Waals surface area contributed by atoms with Crippen LogP contribution in [0.3, 0.4) is 0 Å². The summed E-state index contributed by atoms with van der Waals surface area (Å²) in [5.74, 6) is -0.147. The summed E-state index contributed by atoms with van der Waals surface area (Å²) in [6, 6.07) is 9.25. The molecule has 0 aliphatic rings. The van der Waals surface area contributed by atoms with E-state index in [1.807, 2.05) is 31.2 Å². The van der Waals surface area contributed by atoms with Crippen LogP contribution in [0.2, 0.25) is 5.02 Å². The Morgan fingerprint density at radius 2 is 1.97 bits per heavy atom. The lowest BCUT2D eigenvalue weighted by atomic mass is 10.0. The van der Waals surface area contributed by atoms with Gasteiger partial charge in [0.25, 0.3) is 5.56 Å². The van der Waals surface area contributed by atoms with Gasteiger partial charge in [0.05, 0.1) is 34.1 Å². The van der Waals surface area contributed by atoms with E-state index in [9.17, 15) is 9.59 Å². The highest BCUT2D eigenvalue weighted by molar-refractivity contribution is 14.1. The minimum Gasteiger partial charge on any atom is -0.313 e. The summed E-state index contributed by atoms with van der Waals surface area (Å²) < 4.78 is 5.63. The molecule has 1 N–H and O–H groups in total. The molecule has 10 heteroatoms. The molecular formula is C19H16ClIN6O2. The molecule has 0 saturated heterocycles. The molecule has 3 heterocycles. The first-order valence-electron chi connectivity index (χ1n) is 8.96. The van der Waals surface area contributed by atoms with Gasteiger partial charge >= 0.3 is 0 Å². The largest absolute Gasteiger partial charge is 0.313 e. The van der Waals surface area contributed by atoms with E-state index in [2.05, 4.69) is 18.8 Å². The van der Waals surface area contributed by atoms with Crippen molar-refractivity contribution in [3.05, 3.63) is 57.6 Å². The van der Waals surface area contributed by atoms with Crippen molar-refractivity contribution in [3.63, 3.8) is 0 Å². The molecule has 0 atom stereocenters. The van der Waals surface area contributed by atoms with Crippen molar-refractivity contribution >= 4 is 57.1 Å². The summed E-state index contributed by atoms with van der Waals surface area (Å²) in [6.07, 6.45) is 2.55. The van der Waals surface area contributed by atoms with Crippen molar-refractivity contribution in [2.75, 3.05) is 0 Å². The van der Waals surface area contributed by atoms with Crippen LogP contribution in [0.15, 0.2) is 41.3 Å². The fraction of sp³-hybridized carbons (Fsp3) is 0.211. The van der Waals surface area contributed by atoms with Crippen LogP contribution in [0.1, 0.15) is 19.0 Å². The van der Waals surface area contributed by atoms with Crippen molar-refractivity contribution in [1.29, 1.82) is 0 Å². The Morgan fingerprint density at radius 3 is 2.66 bits per heavy atom. The summed E-state index contributed by atoms with van der Waals surface area (Å²) in [6.45, 7) is 2.28. The van der Waals surface area contributed by atoms with Gasteiger partial charge in [-0.25, -0.2) is 4.52 Å². The lowest BCUT2D eigenvalue weighted by Crippen LogP contribution is -2.24. The van der Waals surface area contributed by atoms with E-state index in [1.54, 1.807) is 39.6 Å². The molecule has 0 saturated carbocycles. The molecule has 1 aromatic carbocycles. The van der Waals surface area contributed by atoms with Crippen molar-refractivity contribution in [1.82, 2.24) is 27.9 Å². The van der Waals surface area contributed by atoms with Crippen LogP contribution >= 0.6 is 34.5 Å². The van der Waals surface area contributed by atoms with Gasteiger partial charge in [-0.3, -0.25) is 13.1 Å². The van der Waals surface area contributed by atoms with Crippen molar-refractivity contribution in [3.8, 4) is 11.1 Å². The normalized spacial score (nSPS) is 11.3. The lowest BCUT2D eigenvalue weighted by Gasteiger charge is -2.07. The first-order chi connectivity index (χ1) is 14.0. The van der Waals surface area contributed by atoms with E-state index in [0.29, 0.717) is 22.6 Å². The standard InChI is InChI=1S/C19H16ClIN6O2/c1-2-13-16(11-3-5-12(20)6-4-11)18-24-23-17-14(27(18)25-13)7-9-26(19(17)29)10-8-15(28)22-21/h3-7,9H,2,8,10H2,1H3,(H,22,28). The van der Waals surface area contributed by atoms with Crippen molar-refractivity contribution < 1.29 is 4.79 Å². The SMILES string of the molecule is CCc1nn2c(nnc3c(=O)n(CCC(=O)NI)ccc32)c1-c1ccc(Cl)cc1. The number of aromatic nitrogens is 5. The fourth-order valence-corrected chi connectivity index (χ4v) is 3.63. The molecule has 1 amide bonds. The molecule has 4 rings (SSSR count). The molecule has 3 aromatic heterocycles. The molecule has 0 radical (unpaired) electrons. The van der Waals surface area contributed by atoms with Crippen LogP contribution in [0, 0.1) is 0 Å². The van der Waals surface area contributed by atoms with Gasteiger partial charge in [-0.15, -0.1) is 10.2 Å². The maximum atomic E-state index is 12.8. The second kappa shape index (κ2) is 8.07. The number of aryl methyl sites for hydroxylation is 2. The number of nitrogens with zero attached hydrogens (tertiary/aromatic N) is 5. The molecule has 8 nitrogen and oxygen atoms in total. The van der Waals surface area contributed by atoms with Gasteiger partial charge in [0.2, 0.25) is 5.91 Å². The Morgan fingerprint density at radius 1 is 1.21 bits per heavy atom. The van der Waals surface area contributed by atoms with Gasteiger partial charge in [-0.2, -0.15) is 5.10 Å². The lowest BCUT2D eigenvalue weighted by molar-refractivity contribution is -0.119. The Hall–Kier alpha value is -2.53. The topological polar surface area (TPSA) is 94.2 Å². The number of nitrogens with one attached hydrogen (secondary N) is 1. The molecular weight excluding hydrogens is 507 g/mol. The third-order valence-electron chi connectivity index (χ3n) is 4.68. The maximum absolute atomic E-state index is 12.8. The van der Waals surface area contributed by atoms with Gasteiger partial charge in [-0.1, -0.05) is 30.7 Å². The molecule has 0 aliphatic heterocycles. The summed E-state index contributed by atoms with van der Waals surface area (Å²) in [5, 5.41) is 13.8. The number of halogens is 2. The predicted octanol–water partition coefficient (Wildman–Crippen LogP) is 3.18. The summed E-state index contributed by atoms with van der Waals surface area (Å²) in [7, 11) is 0. The molecule has 0 bridgehead atoms. The molecule has 29 heavy (non-hydrogen) atoms. The molecule has 0 fully saturated rings. The second-order valence-electron chi connectivity index (χ2n) is 6.43. The van der Waals surface area contributed by atoms with E-state index in [4.69, 9.17) is 11.6 Å². The quantitative estimate of drug-likeness (QED) is 0.321. The average molecular weight is 523 g/mol. The Labute approximate surface area is 184 Å². The Balaban J connectivity index is 1.88. The summed E-state index contributed by atoms with van der Waals surface area (Å²) >= 11 is 7.79. The molecule has 4 aromatic rings. The molecule has 0 aliphatic carbocycles. The number of fused-ring (bicyclic) bond motifs is 3. The van der Waals surface area contributed by atoms with Crippen molar-refractivity contribution in [2.24, 2.45) is 0 Å². The van der Waals surface area contributed by atoms with Gasteiger partial charge in [0.1, 0.15) is 5.52 Å². The average Bonchev–Trinajstić information content (AvgIpc) is 3.12. The zero-order valence-electron chi connectivity index (χ0n) is 15.4. The van der Waals surface area contributed by atoms with Crippen LogP contribution in [-0.4, -0.2) is 30.3 Å². The predicted molar refractivity (Wildman–Crippen MR) is 119 cm³/mol. The highest BCUT2D eigenvalue weighted by atomic mass is 127. The summed E-state index contributed by atoms with van der Waals surface area (Å²) in [5.41, 5.74) is 3.73. The number of amides is 1. The zero-order valence-corrected chi connectivity index (χ0v) is 18.3. The van der Waals surface area contributed by atoms with E-state index < -0.39 is 0 Å². The number of carbonyl (C=O) groups excluding carboxylic acids is 1. The van der Waals surface area contributed by atoms with Crippen molar-refractivity contribution in [2.45, 2.75) is 26.3 Å². The van der Waals surface area contributed by atoms with Crippen LogP contribution in [-0.2, 0) is 17.8 Å². The first kappa shape index (κ1) is 19.8. The van der Waals surface area contributed by atoms with E-state index in [0.717, 1.165) is 16.8 Å². The van der Waals surface area contributed by atoms with Crippen LogP contribution in [0.5, 0.6) is 0 Å². The van der Waals surface area contributed by atoms with Crippen LogP contribution < -0.4 is 9.09 Å². The number of benzene rings is 1. The zero-order chi connectivity index (χ0) is 20.5.